The van der Waals surface area contributed by atoms with Gasteiger partial charge in [-0.3, -0.25) is 13.8 Å². The van der Waals surface area contributed by atoms with E-state index >= 15 is 0 Å². The summed E-state index contributed by atoms with van der Waals surface area (Å²) in [6, 6.07) is 0. The number of carbonyl (C=O) groups excluding carboxylic acids is 1. The molecule has 13 heteroatoms. The number of hydrogen-bond acceptors (Lipinski definition) is 11. The largest absolute Gasteiger partial charge is 0.472 e. The summed E-state index contributed by atoms with van der Waals surface area (Å²) in [7, 11) is -5.01. The van der Waals surface area contributed by atoms with Gasteiger partial charge in [-0.1, -0.05) is 200 Å². The Morgan fingerprint density at radius 1 is 0.483 bits per heavy atom. The molecule has 0 saturated heterocycles. The first-order valence-electron chi connectivity index (χ1n) is 23.9. The first kappa shape index (κ1) is 55.4. The van der Waals surface area contributed by atoms with E-state index in [2.05, 4.69) is 13.8 Å². The maximum atomic E-state index is 12.8. The summed E-state index contributed by atoms with van der Waals surface area (Å²) in [5, 5.41) is 50.1. The van der Waals surface area contributed by atoms with Gasteiger partial charge in [-0.2, -0.15) is 0 Å². The molecule has 1 rings (SSSR count). The molecule has 6 N–H and O–H groups in total. The van der Waals surface area contributed by atoms with Crippen molar-refractivity contribution in [2.45, 2.75) is 262 Å². The van der Waals surface area contributed by atoms with Crippen LogP contribution in [0.5, 0.6) is 0 Å². The lowest BCUT2D eigenvalue weighted by Gasteiger charge is -2.41. The highest BCUT2D eigenvalue weighted by Crippen LogP contribution is 2.47. The van der Waals surface area contributed by atoms with Crippen molar-refractivity contribution in [3.63, 3.8) is 0 Å². The smallest absolute Gasteiger partial charge is 0.457 e. The highest BCUT2D eigenvalue weighted by Gasteiger charge is 2.51. The Morgan fingerprint density at radius 3 is 1.19 bits per heavy atom. The van der Waals surface area contributed by atoms with Crippen LogP contribution >= 0.6 is 7.82 Å². The zero-order valence-electron chi connectivity index (χ0n) is 36.9. The Bertz CT molecular complexity index is 973. The predicted octanol–water partition coefficient (Wildman–Crippen LogP) is 9.76. The van der Waals surface area contributed by atoms with E-state index in [0.717, 1.165) is 38.5 Å². The quantitative estimate of drug-likeness (QED) is 0.0194. The molecule has 0 spiro atoms. The maximum Gasteiger partial charge on any atom is 0.472 e. The van der Waals surface area contributed by atoms with Gasteiger partial charge in [-0.05, 0) is 12.8 Å². The molecule has 346 valence electrons. The van der Waals surface area contributed by atoms with Gasteiger partial charge in [0, 0.05) is 13.0 Å². The molecule has 0 radical (unpaired) electrons. The van der Waals surface area contributed by atoms with E-state index in [9.17, 15) is 39.8 Å². The molecule has 1 aliphatic carbocycles. The minimum absolute atomic E-state index is 0.0684. The minimum Gasteiger partial charge on any atom is -0.457 e. The molecule has 0 aromatic carbocycles. The second-order valence-electron chi connectivity index (χ2n) is 17.0. The van der Waals surface area contributed by atoms with Crippen molar-refractivity contribution in [1.82, 2.24) is 0 Å². The molecule has 58 heavy (non-hydrogen) atoms. The molecule has 0 aromatic heterocycles. The number of aliphatic hydroxyl groups excluding tert-OH is 5. The molecule has 6 unspecified atom stereocenters. The lowest BCUT2D eigenvalue weighted by Crippen LogP contribution is -2.64. The van der Waals surface area contributed by atoms with Gasteiger partial charge < -0.3 is 39.9 Å². The Morgan fingerprint density at radius 2 is 0.810 bits per heavy atom. The molecule has 1 aliphatic rings. The van der Waals surface area contributed by atoms with E-state index < -0.39 is 63.1 Å². The van der Waals surface area contributed by atoms with Crippen molar-refractivity contribution >= 4 is 13.8 Å². The number of unbranched alkanes of at least 4 members (excludes halogenated alkanes) is 29. The van der Waals surface area contributed by atoms with E-state index in [4.69, 9.17) is 18.5 Å². The Kier molecular flexibility index (Phi) is 35.3. The van der Waals surface area contributed by atoms with Gasteiger partial charge in [0.05, 0.1) is 13.2 Å². The van der Waals surface area contributed by atoms with Crippen LogP contribution in [0.15, 0.2) is 0 Å². The van der Waals surface area contributed by atoms with Crippen molar-refractivity contribution in [3.8, 4) is 0 Å². The van der Waals surface area contributed by atoms with Crippen LogP contribution in [0, 0.1) is 0 Å². The SMILES string of the molecule is CCCCCCCCCCCCCCCCCCCCCCC(=O)OC(COCCCCCCCCCCCCC)COP(=O)(O)OC1C(O)C(O)C(O)C(O)C1O. The molecule has 1 fully saturated rings. The third-order valence-corrected chi connectivity index (χ3v) is 12.5. The Hall–Kier alpha value is -0.660. The number of phosphoric ester groups is 1. The predicted molar refractivity (Wildman–Crippen MR) is 230 cm³/mol. The summed E-state index contributed by atoms with van der Waals surface area (Å²) in [4.78, 5) is 23.1. The first-order valence-corrected chi connectivity index (χ1v) is 25.4. The fourth-order valence-electron chi connectivity index (χ4n) is 7.65. The summed E-state index contributed by atoms with van der Waals surface area (Å²) in [6.45, 7) is 4.29. The second kappa shape index (κ2) is 36.9. The van der Waals surface area contributed by atoms with E-state index in [1.54, 1.807) is 0 Å². The number of aliphatic hydroxyl groups is 5. The summed E-state index contributed by atoms with van der Waals surface area (Å²) in [5.41, 5.74) is 0. The number of hydrogen-bond donors (Lipinski definition) is 6. The second-order valence-corrected chi connectivity index (χ2v) is 18.4. The average molecular weight is 853 g/mol. The summed E-state index contributed by atoms with van der Waals surface area (Å²) in [5.74, 6) is -0.471. The molecular formula is C45H89O12P. The van der Waals surface area contributed by atoms with Gasteiger partial charge >= 0.3 is 13.8 Å². The van der Waals surface area contributed by atoms with Crippen LogP contribution < -0.4 is 0 Å². The van der Waals surface area contributed by atoms with Crippen LogP contribution in [0.3, 0.4) is 0 Å². The van der Waals surface area contributed by atoms with Gasteiger partial charge in [0.2, 0.25) is 0 Å². The van der Waals surface area contributed by atoms with Gasteiger partial charge in [0.25, 0.3) is 0 Å². The standard InChI is InChI=1S/C45H89O12P/c1-3-5-7-9-11-13-15-16-17-18-19-20-21-22-23-24-26-28-30-32-34-39(46)56-38(36-54-35-33-31-29-27-25-14-12-10-8-6-4-2)37-55-58(52,53)57-45-43(50)41(48)40(47)42(49)44(45)51/h38,40-45,47-51H,3-37H2,1-2H3,(H,52,53). The van der Waals surface area contributed by atoms with Gasteiger partial charge in [0.15, 0.2) is 0 Å². The maximum absolute atomic E-state index is 12.8. The fourth-order valence-corrected chi connectivity index (χ4v) is 8.62. The number of esters is 1. The monoisotopic (exact) mass is 853 g/mol. The normalized spacial score (nSPS) is 22.6. The van der Waals surface area contributed by atoms with E-state index in [-0.39, 0.29) is 13.0 Å². The van der Waals surface area contributed by atoms with Crippen LogP contribution in [-0.4, -0.2) is 98.9 Å². The summed E-state index contributed by atoms with van der Waals surface area (Å²) < 4.78 is 34.2. The molecule has 12 nitrogen and oxygen atoms in total. The molecule has 0 amide bonds. The van der Waals surface area contributed by atoms with Crippen molar-refractivity contribution in [2.24, 2.45) is 0 Å². The van der Waals surface area contributed by atoms with Crippen molar-refractivity contribution < 1.29 is 58.3 Å². The van der Waals surface area contributed by atoms with Gasteiger partial charge in [-0.25, -0.2) is 4.57 Å². The van der Waals surface area contributed by atoms with E-state index in [1.807, 2.05) is 0 Å². The molecule has 6 atom stereocenters. The van der Waals surface area contributed by atoms with Crippen LogP contribution in [-0.2, 0) is 27.9 Å². The third kappa shape index (κ3) is 28.8. The highest BCUT2D eigenvalue weighted by molar-refractivity contribution is 7.47. The van der Waals surface area contributed by atoms with Crippen LogP contribution in [0.4, 0.5) is 0 Å². The minimum atomic E-state index is -5.01. The number of rotatable bonds is 41. The molecule has 0 heterocycles. The first-order chi connectivity index (χ1) is 28.0. The van der Waals surface area contributed by atoms with Crippen LogP contribution in [0.1, 0.15) is 219 Å². The van der Waals surface area contributed by atoms with E-state index in [1.165, 1.54) is 154 Å². The molecular weight excluding hydrogens is 763 g/mol. The summed E-state index contributed by atoms with van der Waals surface area (Å²) >= 11 is 0. The Balaban J connectivity index is 2.32. The fraction of sp³-hybridized carbons (Fsp3) is 0.978. The lowest BCUT2D eigenvalue weighted by atomic mass is 9.85. The average Bonchev–Trinajstić information content (AvgIpc) is 3.21. The third-order valence-electron chi connectivity index (χ3n) is 11.5. The van der Waals surface area contributed by atoms with E-state index in [0.29, 0.717) is 13.0 Å². The summed E-state index contributed by atoms with van der Waals surface area (Å²) in [6.07, 6.45) is 26.1. The topological polar surface area (TPSA) is 192 Å². The van der Waals surface area contributed by atoms with Crippen molar-refractivity contribution in [1.29, 1.82) is 0 Å². The van der Waals surface area contributed by atoms with Gasteiger partial charge in [-0.15, -0.1) is 0 Å². The number of carbonyl (C=O) groups is 1. The number of ether oxygens (including phenoxy) is 2. The zero-order valence-corrected chi connectivity index (χ0v) is 37.8. The van der Waals surface area contributed by atoms with Gasteiger partial charge in [0.1, 0.15) is 42.7 Å². The highest BCUT2D eigenvalue weighted by atomic mass is 31.2. The van der Waals surface area contributed by atoms with Crippen LogP contribution in [0.25, 0.3) is 0 Å². The molecule has 1 saturated carbocycles. The van der Waals surface area contributed by atoms with Crippen LogP contribution in [0.2, 0.25) is 0 Å². The van der Waals surface area contributed by atoms with Crippen molar-refractivity contribution in [3.05, 3.63) is 0 Å². The molecule has 0 bridgehead atoms. The lowest BCUT2D eigenvalue weighted by molar-refractivity contribution is -0.220. The molecule has 0 aliphatic heterocycles. The molecule has 0 aromatic rings. The van der Waals surface area contributed by atoms with Crippen molar-refractivity contribution in [2.75, 3.05) is 19.8 Å². The number of phosphoric acid groups is 1. The zero-order chi connectivity index (χ0) is 42.7. The Labute approximate surface area is 353 Å².